The molecule has 2 rings (SSSR count). The van der Waals surface area contributed by atoms with E-state index in [0.717, 1.165) is 11.3 Å². The third-order valence-electron chi connectivity index (χ3n) is 2.19. The molecule has 0 aliphatic carbocycles. The zero-order valence-corrected chi connectivity index (χ0v) is 12.9. The fourth-order valence-electron chi connectivity index (χ4n) is 1.34. The van der Waals surface area contributed by atoms with Crippen molar-refractivity contribution in [1.82, 2.24) is 4.98 Å². The molecule has 2 aromatic rings. The first kappa shape index (κ1) is 15.7. The van der Waals surface area contributed by atoms with Gasteiger partial charge in [0, 0.05) is 12.1 Å². The number of anilines is 1. The highest BCUT2D eigenvalue weighted by atomic mass is 79.9. The fraction of sp³-hybridized carbons (Fsp3) is 0. The van der Waals surface area contributed by atoms with Crippen LogP contribution in [0.5, 0.6) is 0 Å². The summed E-state index contributed by atoms with van der Waals surface area (Å²) in [6.45, 7) is 0. The third-order valence-corrected chi connectivity index (χ3v) is 5.06. The van der Waals surface area contributed by atoms with Crippen molar-refractivity contribution in [1.29, 1.82) is 0 Å². The van der Waals surface area contributed by atoms with Crippen LogP contribution in [0.15, 0.2) is 27.0 Å². The predicted octanol–water partition coefficient (Wildman–Crippen LogP) is 2.89. The van der Waals surface area contributed by atoms with Gasteiger partial charge in [0.15, 0.2) is 5.13 Å². The van der Waals surface area contributed by atoms with Crippen LogP contribution in [0, 0.1) is 21.7 Å². The van der Waals surface area contributed by atoms with Gasteiger partial charge in [-0.25, -0.2) is 17.8 Å². The molecule has 7 nitrogen and oxygen atoms in total. The van der Waals surface area contributed by atoms with Crippen LogP contribution in [0.2, 0.25) is 0 Å². The van der Waals surface area contributed by atoms with Crippen molar-refractivity contribution in [2.45, 2.75) is 4.90 Å². The van der Waals surface area contributed by atoms with Crippen molar-refractivity contribution in [2.24, 2.45) is 0 Å². The van der Waals surface area contributed by atoms with Gasteiger partial charge < -0.3 is 0 Å². The molecule has 1 aromatic carbocycles. The summed E-state index contributed by atoms with van der Waals surface area (Å²) in [6.07, 6.45) is 1.31. The number of nitrogens with one attached hydrogen (secondary N) is 1. The Kier molecular flexibility index (Phi) is 4.20. The van der Waals surface area contributed by atoms with Gasteiger partial charge in [-0.15, -0.1) is 0 Å². The van der Waals surface area contributed by atoms with Crippen molar-refractivity contribution in [3.8, 4) is 0 Å². The Bertz CT molecular complexity index is 824. The minimum absolute atomic E-state index is 0.0757. The summed E-state index contributed by atoms with van der Waals surface area (Å²) in [7, 11) is -4.47. The van der Waals surface area contributed by atoms with E-state index < -0.39 is 37.2 Å². The standard InChI is InChI=1S/C9H4BrF2N3O4S2/c10-8-3-13-9(20-8)14-21(18,19)7-2-6(15(16)17)4(11)1-5(7)12/h1-3H,(H,13,14). The first-order chi connectivity index (χ1) is 9.70. The molecule has 0 aliphatic rings. The number of nitrogens with zero attached hydrogens (tertiary/aromatic N) is 2. The maximum Gasteiger partial charge on any atom is 0.306 e. The van der Waals surface area contributed by atoms with E-state index in [1.54, 1.807) is 0 Å². The Morgan fingerprint density at radius 3 is 2.52 bits per heavy atom. The normalized spacial score (nSPS) is 11.4. The molecule has 1 heterocycles. The fourth-order valence-corrected chi connectivity index (χ4v) is 3.76. The second-order valence-electron chi connectivity index (χ2n) is 3.57. The summed E-state index contributed by atoms with van der Waals surface area (Å²) in [6, 6.07) is 0.458. The minimum Gasteiger partial charge on any atom is -0.258 e. The average Bonchev–Trinajstić information content (AvgIpc) is 2.72. The Balaban J connectivity index is 2.49. The molecular weight excluding hydrogens is 396 g/mol. The quantitative estimate of drug-likeness (QED) is 0.628. The predicted molar refractivity (Wildman–Crippen MR) is 73.6 cm³/mol. The number of hydrogen-bond donors (Lipinski definition) is 1. The van der Waals surface area contributed by atoms with Gasteiger partial charge in [0.25, 0.3) is 10.0 Å². The van der Waals surface area contributed by atoms with E-state index in [0.29, 0.717) is 9.85 Å². The van der Waals surface area contributed by atoms with Crippen molar-refractivity contribution in [3.05, 3.63) is 43.9 Å². The summed E-state index contributed by atoms with van der Waals surface area (Å²) in [5.41, 5.74) is -1.14. The molecule has 21 heavy (non-hydrogen) atoms. The maximum atomic E-state index is 13.6. The number of benzene rings is 1. The van der Waals surface area contributed by atoms with E-state index in [1.807, 2.05) is 4.72 Å². The Hall–Kier alpha value is -1.66. The molecule has 1 aromatic heterocycles. The lowest BCUT2D eigenvalue weighted by atomic mass is 10.3. The Morgan fingerprint density at radius 1 is 1.33 bits per heavy atom. The molecule has 112 valence electrons. The van der Waals surface area contributed by atoms with Gasteiger partial charge in [-0.3, -0.25) is 14.8 Å². The second-order valence-corrected chi connectivity index (χ2v) is 7.63. The van der Waals surface area contributed by atoms with Gasteiger partial charge in [-0.05, 0) is 15.9 Å². The number of rotatable bonds is 4. The highest BCUT2D eigenvalue weighted by Crippen LogP contribution is 2.29. The van der Waals surface area contributed by atoms with Crippen molar-refractivity contribution < 1.29 is 22.1 Å². The molecule has 0 aliphatic heterocycles. The SMILES string of the molecule is O=[N+]([O-])c1cc(S(=O)(=O)Nc2ncc(Br)s2)c(F)cc1F. The van der Waals surface area contributed by atoms with Crippen molar-refractivity contribution >= 4 is 48.1 Å². The monoisotopic (exact) mass is 399 g/mol. The summed E-state index contributed by atoms with van der Waals surface area (Å²) in [5, 5.41) is 10.5. The summed E-state index contributed by atoms with van der Waals surface area (Å²) < 4.78 is 53.2. The highest BCUT2D eigenvalue weighted by Gasteiger charge is 2.27. The van der Waals surface area contributed by atoms with E-state index in [1.165, 1.54) is 6.20 Å². The van der Waals surface area contributed by atoms with Crippen LogP contribution in [-0.2, 0) is 10.0 Å². The molecule has 0 bridgehead atoms. The lowest BCUT2D eigenvalue weighted by Gasteiger charge is -2.06. The molecule has 12 heteroatoms. The number of nitro benzene ring substituents is 1. The molecule has 0 saturated carbocycles. The van der Waals surface area contributed by atoms with Crippen molar-refractivity contribution in [3.63, 3.8) is 0 Å². The summed E-state index contributed by atoms with van der Waals surface area (Å²) in [5.74, 6) is -2.91. The summed E-state index contributed by atoms with van der Waals surface area (Å²) in [4.78, 5) is 12.1. The van der Waals surface area contributed by atoms with Crippen LogP contribution in [0.4, 0.5) is 19.6 Å². The van der Waals surface area contributed by atoms with E-state index >= 15 is 0 Å². The lowest BCUT2D eigenvalue weighted by Crippen LogP contribution is -2.15. The van der Waals surface area contributed by atoms with Crippen LogP contribution in [0.3, 0.4) is 0 Å². The smallest absolute Gasteiger partial charge is 0.258 e. The van der Waals surface area contributed by atoms with E-state index in [4.69, 9.17) is 0 Å². The van der Waals surface area contributed by atoms with Gasteiger partial charge in [0.1, 0.15) is 10.7 Å². The van der Waals surface area contributed by atoms with Gasteiger partial charge in [-0.1, -0.05) is 11.3 Å². The lowest BCUT2D eigenvalue weighted by molar-refractivity contribution is -0.387. The number of thiazole rings is 1. The van der Waals surface area contributed by atoms with E-state index in [9.17, 15) is 27.3 Å². The minimum atomic E-state index is -4.47. The van der Waals surface area contributed by atoms with E-state index in [-0.39, 0.29) is 11.2 Å². The van der Waals surface area contributed by atoms with Gasteiger partial charge in [-0.2, -0.15) is 4.39 Å². The molecular formula is C9H4BrF2N3O4S2. The average molecular weight is 400 g/mol. The van der Waals surface area contributed by atoms with Crippen LogP contribution in [0.1, 0.15) is 0 Å². The van der Waals surface area contributed by atoms with E-state index in [2.05, 4.69) is 20.9 Å². The molecule has 0 saturated heterocycles. The zero-order valence-electron chi connectivity index (χ0n) is 9.71. The maximum absolute atomic E-state index is 13.6. The van der Waals surface area contributed by atoms with Gasteiger partial charge in [0.2, 0.25) is 5.82 Å². The first-order valence-corrected chi connectivity index (χ1v) is 8.07. The molecule has 0 atom stereocenters. The summed E-state index contributed by atoms with van der Waals surface area (Å²) >= 11 is 3.97. The topological polar surface area (TPSA) is 102 Å². The van der Waals surface area contributed by atoms with Crippen LogP contribution >= 0.6 is 27.3 Å². The second kappa shape index (κ2) is 5.61. The number of halogens is 3. The highest BCUT2D eigenvalue weighted by molar-refractivity contribution is 9.11. The molecule has 0 radical (unpaired) electrons. The molecule has 0 amide bonds. The van der Waals surface area contributed by atoms with Crippen LogP contribution < -0.4 is 4.72 Å². The Labute approximate surface area is 129 Å². The zero-order chi connectivity index (χ0) is 15.8. The van der Waals surface area contributed by atoms with Gasteiger partial charge in [0.05, 0.1) is 14.9 Å². The number of hydrogen-bond acceptors (Lipinski definition) is 6. The molecule has 0 unspecified atom stereocenters. The van der Waals surface area contributed by atoms with Crippen molar-refractivity contribution in [2.75, 3.05) is 4.72 Å². The third kappa shape index (κ3) is 3.33. The van der Waals surface area contributed by atoms with Crippen LogP contribution in [-0.4, -0.2) is 18.3 Å². The molecule has 1 N–H and O–H groups in total. The number of aromatic nitrogens is 1. The first-order valence-electron chi connectivity index (χ1n) is 4.98. The molecule has 0 spiro atoms. The van der Waals surface area contributed by atoms with Crippen LogP contribution in [0.25, 0.3) is 0 Å². The molecule has 0 fully saturated rings. The number of nitro groups is 1. The van der Waals surface area contributed by atoms with Gasteiger partial charge >= 0.3 is 5.69 Å². The Morgan fingerprint density at radius 2 is 2.00 bits per heavy atom. The number of sulfonamides is 1. The largest absolute Gasteiger partial charge is 0.306 e.